The summed E-state index contributed by atoms with van der Waals surface area (Å²) in [6.07, 6.45) is 6.16. The summed E-state index contributed by atoms with van der Waals surface area (Å²) >= 11 is 0. The second kappa shape index (κ2) is 7.14. The molecule has 0 bridgehead atoms. The molecule has 1 aromatic carbocycles. The first-order valence-corrected chi connectivity index (χ1v) is 8.50. The van der Waals surface area contributed by atoms with E-state index in [1.54, 1.807) is 0 Å². The van der Waals surface area contributed by atoms with E-state index in [1.165, 1.54) is 5.56 Å². The number of benzene rings is 1. The summed E-state index contributed by atoms with van der Waals surface area (Å²) in [5.74, 6) is 1.19. The fraction of sp³-hybridized carbons (Fsp3) is 0.611. The Bertz CT molecular complexity index is 510. The van der Waals surface area contributed by atoms with Crippen LogP contribution in [0.4, 0.5) is 0 Å². The number of fused-ring (bicyclic) bond motifs is 1. The zero-order valence-electron chi connectivity index (χ0n) is 13.2. The topological polar surface area (TPSA) is 50.4 Å². The Labute approximate surface area is 132 Å². The van der Waals surface area contributed by atoms with Crippen molar-refractivity contribution in [2.75, 3.05) is 26.2 Å². The third kappa shape index (κ3) is 3.43. The summed E-state index contributed by atoms with van der Waals surface area (Å²) < 4.78 is 5.86. The number of carbonyl (C=O) groups excluding carboxylic acids is 1. The molecule has 0 aromatic heterocycles. The van der Waals surface area contributed by atoms with Gasteiger partial charge in [0.25, 0.3) is 0 Å². The molecule has 0 atom stereocenters. The van der Waals surface area contributed by atoms with Crippen LogP contribution in [-0.2, 0) is 11.2 Å². The van der Waals surface area contributed by atoms with Gasteiger partial charge in [0.15, 0.2) is 0 Å². The van der Waals surface area contributed by atoms with Gasteiger partial charge in [-0.2, -0.15) is 0 Å². The highest BCUT2D eigenvalue weighted by Gasteiger charge is 2.38. The molecule has 4 heteroatoms. The van der Waals surface area contributed by atoms with Crippen LogP contribution in [0.15, 0.2) is 24.3 Å². The Balaban J connectivity index is 1.71. The molecule has 4 nitrogen and oxygen atoms in total. The van der Waals surface area contributed by atoms with Gasteiger partial charge in [-0.25, -0.2) is 0 Å². The van der Waals surface area contributed by atoms with E-state index < -0.39 is 0 Å². The quantitative estimate of drug-likeness (QED) is 0.773. The number of amides is 1. The Morgan fingerprint density at radius 1 is 1.00 bits per heavy atom. The van der Waals surface area contributed by atoms with Gasteiger partial charge in [0, 0.05) is 0 Å². The molecular weight excluding hydrogens is 276 g/mol. The zero-order chi connectivity index (χ0) is 15.3. The molecule has 2 aliphatic rings. The van der Waals surface area contributed by atoms with Crippen molar-refractivity contribution in [1.29, 1.82) is 0 Å². The minimum atomic E-state index is -0.163. The third-order valence-electron chi connectivity index (χ3n) is 5.01. The van der Waals surface area contributed by atoms with E-state index in [0.29, 0.717) is 13.2 Å². The van der Waals surface area contributed by atoms with Crippen molar-refractivity contribution in [3.8, 4) is 5.75 Å². The lowest BCUT2D eigenvalue weighted by molar-refractivity contribution is -0.133. The standard InChI is InChI=1S/C18H26N2O2/c21-17-18(9-11-19-12-10-18)8-4-3-6-15-5-1-2-7-16(15)22-14-13-20-17/h1-2,5,7,19H,3-4,6,8-14H2,(H,20,21). The molecular formula is C18H26N2O2. The fourth-order valence-electron chi connectivity index (χ4n) is 3.64. The number of hydrogen-bond acceptors (Lipinski definition) is 3. The molecule has 3 rings (SSSR count). The highest BCUT2D eigenvalue weighted by atomic mass is 16.5. The van der Waals surface area contributed by atoms with Crippen molar-refractivity contribution in [3.63, 3.8) is 0 Å². The van der Waals surface area contributed by atoms with Crippen LogP contribution in [0.1, 0.15) is 37.7 Å². The smallest absolute Gasteiger partial charge is 0.226 e. The molecule has 0 unspecified atom stereocenters. The monoisotopic (exact) mass is 302 g/mol. The molecule has 2 heterocycles. The van der Waals surface area contributed by atoms with E-state index in [1.807, 2.05) is 12.1 Å². The van der Waals surface area contributed by atoms with Gasteiger partial charge in [0.05, 0.1) is 12.0 Å². The van der Waals surface area contributed by atoms with Crippen LogP contribution in [-0.4, -0.2) is 32.1 Å². The fourth-order valence-corrected chi connectivity index (χ4v) is 3.64. The Kier molecular flexibility index (Phi) is 4.98. The van der Waals surface area contributed by atoms with Gasteiger partial charge in [0.2, 0.25) is 5.91 Å². The molecule has 1 spiro atoms. The summed E-state index contributed by atoms with van der Waals surface area (Å²) in [5.41, 5.74) is 1.12. The van der Waals surface area contributed by atoms with Gasteiger partial charge >= 0.3 is 0 Å². The number of para-hydroxylation sites is 1. The molecule has 0 aliphatic carbocycles. The maximum absolute atomic E-state index is 12.7. The van der Waals surface area contributed by atoms with Gasteiger partial charge < -0.3 is 15.4 Å². The molecule has 0 radical (unpaired) electrons. The summed E-state index contributed by atoms with van der Waals surface area (Å²) in [7, 11) is 0. The number of aryl methyl sites for hydroxylation is 1. The van der Waals surface area contributed by atoms with Crippen LogP contribution < -0.4 is 15.4 Å². The van der Waals surface area contributed by atoms with Crippen molar-refractivity contribution in [3.05, 3.63) is 29.8 Å². The van der Waals surface area contributed by atoms with E-state index in [0.717, 1.165) is 57.4 Å². The predicted octanol–water partition coefficient (Wildman–Crippen LogP) is 2.28. The van der Waals surface area contributed by atoms with Crippen LogP contribution in [0.25, 0.3) is 0 Å². The minimum absolute atomic E-state index is 0.163. The minimum Gasteiger partial charge on any atom is -0.491 e. The van der Waals surface area contributed by atoms with Crippen molar-refractivity contribution in [1.82, 2.24) is 10.6 Å². The number of rotatable bonds is 0. The van der Waals surface area contributed by atoms with Gasteiger partial charge in [-0.1, -0.05) is 24.6 Å². The zero-order valence-corrected chi connectivity index (χ0v) is 13.2. The largest absolute Gasteiger partial charge is 0.491 e. The normalized spacial score (nSPS) is 22.6. The van der Waals surface area contributed by atoms with Crippen LogP contribution in [0.2, 0.25) is 0 Å². The van der Waals surface area contributed by atoms with Gasteiger partial charge in [-0.05, 0) is 56.8 Å². The van der Waals surface area contributed by atoms with E-state index >= 15 is 0 Å². The Hall–Kier alpha value is -1.55. The molecule has 1 amide bonds. The molecule has 1 saturated heterocycles. The van der Waals surface area contributed by atoms with Crippen LogP contribution in [0.5, 0.6) is 5.75 Å². The first-order chi connectivity index (χ1) is 10.8. The lowest BCUT2D eigenvalue weighted by Gasteiger charge is -2.36. The molecule has 2 aliphatic heterocycles. The van der Waals surface area contributed by atoms with E-state index in [4.69, 9.17) is 4.74 Å². The predicted molar refractivity (Wildman–Crippen MR) is 87.0 cm³/mol. The van der Waals surface area contributed by atoms with E-state index in [9.17, 15) is 4.79 Å². The first-order valence-electron chi connectivity index (χ1n) is 8.50. The number of carbonyl (C=O) groups is 1. The molecule has 0 saturated carbocycles. The van der Waals surface area contributed by atoms with Crippen LogP contribution in [0.3, 0.4) is 0 Å². The highest BCUT2D eigenvalue weighted by molar-refractivity contribution is 5.82. The summed E-state index contributed by atoms with van der Waals surface area (Å²) in [6.45, 7) is 3.03. The number of nitrogens with one attached hydrogen (secondary N) is 2. The molecule has 1 aromatic rings. The third-order valence-corrected chi connectivity index (χ3v) is 5.01. The number of piperidine rings is 1. The van der Waals surface area contributed by atoms with Crippen molar-refractivity contribution in [2.45, 2.75) is 38.5 Å². The maximum atomic E-state index is 12.7. The molecule has 2 N–H and O–H groups in total. The van der Waals surface area contributed by atoms with Gasteiger partial charge in [0.1, 0.15) is 12.4 Å². The average Bonchev–Trinajstić information content (AvgIpc) is 2.56. The number of ether oxygens (including phenoxy) is 1. The summed E-state index contributed by atoms with van der Waals surface area (Å²) in [4.78, 5) is 12.7. The highest BCUT2D eigenvalue weighted by Crippen LogP contribution is 2.35. The van der Waals surface area contributed by atoms with E-state index in [2.05, 4.69) is 22.8 Å². The summed E-state index contributed by atoms with van der Waals surface area (Å²) in [6, 6.07) is 8.26. The average molecular weight is 302 g/mol. The maximum Gasteiger partial charge on any atom is 0.226 e. The Morgan fingerprint density at radius 2 is 1.82 bits per heavy atom. The van der Waals surface area contributed by atoms with Crippen LogP contribution in [0, 0.1) is 5.41 Å². The van der Waals surface area contributed by atoms with Crippen molar-refractivity contribution < 1.29 is 9.53 Å². The van der Waals surface area contributed by atoms with Crippen LogP contribution >= 0.6 is 0 Å². The first kappa shape index (κ1) is 15.3. The SMILES string of the molecule is O=C1NCCOc2ccccc2CCCCC12CCNCC2. The molecule has 1 fully saturated rings. The lowest BCUT2D eigenvalue weighted by atomic mass is 9.74. The van der Waals surface area contributed by atoms with Gasteiger partial charge in [-0.15, -0.1) is 0 Å². The lowest BCUT2D eigenvalue weighted by Crippen LogP contribution is -2.48. The number of hydrogen-bond donors (Lipinski definition) is 2. The Morgan fingerprint density at radius 3 is 2.68 bits per heavy atom. The van der Waals surface area contributed by atoms with Gasteiger partial charge in [-0.3, -0.25) is 4.79 Å². The summed E-state index contributed by atoms with van der Waals surface area (Å²) in [5, 5.41) is 6.47. The second-order valence-corrected chi connectivity index (χ2v) is 6.45. The van der Waals surface area contributed by atoms with Crippen molar-refractivity contribution in [2.24, 2.45) is 5.41 Å². The molecule has 22 heavy (non-hydrogen) atoms. The second-order valence-electron chi connectivity index (χ2n) is 6.45. The van der Waals surface area contributed by atoms with E-state index in [-0.39, 0.29) is 11.3 Å². The van der Waals surface area contributed by atoms with Crippen molar-refractivity contribution >= 4 is 5.91 Å². The molecule has 120 valence electrons.